The molecule has 1 fully saturated rings. The topological polar surface area (TPSA) is 61.4 Å². The first kappa shape index (κ1) is 29.6. The van der Waals surface area contributed by atoms with Gasteiger partial charge in [0.25, 0.3) is 0 Å². The molecule has 4 nitrogen and oxygen atoms in total. The van der Waals surface area contributed by atoms with Gasteiger partial charge in [-0.05, 0) is 85.1 Å². The van der Waals surface area contributed by atoms with Crippen LogP contribution in [0.5, 0.6) is 0 Å². The summed E-state index contributed by atoms with van der Waals surface area (Å²) in [6, 6.07) is 16.2. The number of hydrogen-bond acceptors (Lipinski definition) is 3. The maximum Gasteiger partial charge on any atom is 0.306 e. The van der Waals surface area contributed by atoms with E-state index < -0.39 is 5.97 Å². The van der Waals surface area contributed by atoms with Crippen LogP contribution in [0.4, 0.5) is 5.69 Å². The molecule has 0 aromatic heterocycles. The van der Waals surface area contributed by atoms with Crippen LogP contribution in [0.15, 0.2) is 42.5 Å². The number of anilines is 1. The zero-order valence-corrected chi connectivity index (χ0v) is 24.5. The van der Waals surface area contributed by atoms with E-state index in [1.165, 1.54) is 98.6 Å². The molecule has 2 atom stereocenters. The van der Waals surface area contributed by atoms with Gasteiger partial charge >= 0.3 is 5.97 Å². The quantitative estimate of drug-likeness (QED) is 0.200. The van der Waals surface area contributed by atoms with Gasteiger partial charge in [0.1, 0.15) is 6.17 Å². The van der Waals surface area contributed by atoms with Crippen molar-refractivity contribution in [2.24, 2.45) is 11.8 Å². The van der Waals surface area contributed by atoms with Crippen molar-refractivity contribution in [1.29, 1.82) is 0 Å². The largest absolute Gasteiger partial charge is 0.481 e. The highest BCUT2D eigenvalue weighted by Crippen LogP contribution is 2.41. The number of hydrogen-bond donors (Lipinski definition) is 3. The van der Waals surface area contributed by atoms with E-state index in [4.69, 9.17) is 0 Å². The van der Waals surface area contributed by atoms with Gasteiger partial charge in [0.05, 0.1) is 5.92 Å². The predicted molar refractivity (Wildman–Crippen MR) is 163 cm³/mol. The Hall–Kier alpha value is -2.33. The van der Waals surface area contributed by atoms with Crippen molar-refractivity contribution in [3.05, 3.63) is 64.7 Å². The van der Waals surface area contributed by atoms with E-state index in [9.17, 15) is 9.90 Å². The minimum absolute atomic E-state index is 0.126. The lowest BCUT2D eigenvalue weighted by atomic mass is 9.72. The van der Waals surface area contributed by atoms with Gasteiger partial charge < -0.3 is 10.4 Å². The lowest BCUT2D eigenvalue weighted by Crippen LogP contribution is -2.32. The number of nitrogens with one attached hydrogen (secondary N) is 2. The second-order valence-corrected chi connectivity index (χ2v) is 12.2. The molecular formula is C35H52N2O2. The Bertz CT molecular complexity index is 1010. The molecule has 2 aromatic rings. The number of carboxylic acids is 1. The number of benzene rings is 2. The fourth-order valence-corrected chi connectivity index (χ4v) is 6.80. The van der Waals surface area contributed by atoms with E-state index in [1.54, 1.807) is 0 Å². The second kappa shape index (κ2) is 15.5. The Morgan fingerprint density at radius 1 is 0.872 bits per heavy atom. The van der Waals surface area contributed by atoms with Crippen molar-refractivity contribution in [1.82, 2.24) is 5.32 Å². The van der Waals surface area contributed by atoms with E-state index in [2.05, 4.69) is 66.9 Å². The maximum absolute atomic E-state index is 11.4. The minimum Gasteiger partial charge on any atom is -0.481 e. The van der Waals surface area contributed by atoms with Crippen molar-refractivity contribution >= 4 is 11.7 Å². The molecule has 214 valence electrons. The summed E-state index contributed by atoms with van der Waals surface area (Å²) in [7, 11) is 0. The number of carboxylic acid groups (broad SMARTS) is 1. The summed E-state index contributed by atoms with van der Waals surface area (Å²) in [5, 5.41) is 16.9. The van der Waals surface area contributed by atoms with E-state index in [0.29, 0.717) is 11.8 Å². The second-order valence-electron chi connectivity index (χ2n) is 12.2. The number of unbranched alkanes of at least 4 members (excludes halogenated alkanes) is 7. The third-order valence-electron chi connectivity index (χ3n) is 9.29. The van der Waals surface area contributed by atoms with Crippen LogP contribution in [-0.4, -0.2) is 11.1 Å². The average Bonchev–Trinajstić information content (AvgIpc) is 2.97. The smallest absolute Gasteiger partial charge is 0.306 e. The number of fused-ring (bicyclic) bond motifs is 1. The van der Waals surface area contributed by atoms with Crippen molar-refractivity contribution in [2.45, 2.75) is 129 Å². The summed E-state index contributed by atoms with van der Waals surface area (Å²) in [4.78, 5) is 11.4. The van der Waals surface area contributed by atoms with Crippen molar-refractivity contribution in [3.8, 4) is 0 Å². The summed E-state index contributed by atoms with van der Waals surface area (Å²) in [5.74, 6) is 0.391. The first-order valence-electron chi connectivity index (χ1n) is 16.0. The van der Waals surface area contributed by atoms with Crippen LogP contribution in [0.25, 0.3) is 0 Å². The fraction of sp³-hybridized carbons (Fsp3) is 0.629. The summed E-state index contributed by atoms with van der Waals surface area (Å²) >= 11 is 0. The van der Waals surface area contributed by atoms with Gasteiger partial charge in [-0.1, -0.05) is 102 Å². The monoisotopic (exact) mass is 532 g/mol. The van der Waals surface area contributed by atoms with Crippen LogP contribution in [0.2, 0.25) is 0 Å². The molecule has 1 heterocycles. The zero-order chi connectivity index (χ0) is 27.5. The summed E-state index contributed by atoms with van der Waals surface area (Å²) in [6.45, 7) is 5.44. The molecule has 4 heteroatoms. The molecule has 2 unspecified atom stereocenters. The van der Waals surface area contributed by atoms with Gasteiger partial charge in [0, 0.05) is 12.2 Å². The van der Waals surface area contributed by atoms with Crippen molar-refractivity contribution in [2.75, 3.05) is 5.32 Å². The molecule has 2 aromatic carbocycles. The molecule has 1 saturated carbocycles. The zero-order valence-electron chi connectivity index (χ0n) is 24.5. The predicted octanol–water partition coefficient (Wildman–Crippen LogP) is 9.36. The minimum atomic E-state index is -0.610. The van der Waals surface area contributed by atoms with E-state index >= 15 is 0 Å². The molecule has 2 aliphatic rings. The highest BCUT2D eigenvalue weighted by Gasteiger charge is 2.31. The van der Waals surface area contributed by atoms with Crippen LogP contribution in [0.1, 0.15) is 138 Å². The molecule has 0 spiro atoms. The highest BCUT2D eigenvalue weighted by molar-refractivity contribution is 5.70. The van der Waals surface area contributed by atoms with Crippen LogP contribution in [0.3, 0.4) is 0 Å². The van der Waals surface area contributed by atoms with Gasteiger partial charge in [-0.2, -0.15) is 0 Å². The SMILES string of the molecule is CCCCCCCCCc1ccc2c(c1)CNC(c1ccc(C(CCCC)C3CCC(C(=O)O)CC3)cc1)N2. The Morgan fingerprint density at radius 2 is 1.56 bits per heavy atom. The van der Waals surface area contributed by atoms with Crippen LogP contribution < -0.4 is 10.6 Å². The molecule has 39 heavy (non-hydrogen) atoms. The molecule has 0 amide bonds. The molecule has 0 radical (unpaired) electrons. The summed E-state index contributed by atoms with van der Waals surface area (Å²) in [5.41, 5.74) is 6.80. The molecule has 0 bridgehead atoms. The fourth-order valence-electron chi connectivity index (χ4n) is 6.80. The summed E-state index contributed by atoms with van der Waals surface area (Å²) < 4.78 is 0. The third-order valence-corrected chi connectivity index (χ3v) is 9.29. The summed E-state index contributed by atoms with van der Waals surface area (Å²) in [6.07, 6.45) is 18.2. The lowest BCUT2D eigenvalue weighted by Gasteiger charge is -2.33. The normalized spacial score (nSPS) is 21.6. The average molecular weight is 533 g/mol. The standard InChI is InChI=1S/C35H52N2O2/c1-3-5-7-8-9-10-11-12-26-14-23-33-31(24-26)25-36-34(37-33)29-19-15-27(16-20-29)32(13-6-4-2)28-17-21-30(22-18-28)35(38)39/h14-16,19-20,23-24,28,30,32,34,36-37H,3-13,17-18,21-22,25H2,1-2H3,(H,38,39). The number of carbonyl (C=O) groups is 1. The van der Waals surface area contributed by atoms with Crippen LogP contribution in [0, 0.1) is 11.8 Å². The van der Waals surface area contributed by atoms with Crippen LogP contribution in [-0.2, 0) is 17.8 Å². The first-order valence-corrected chi connectivity index (χ1v) is 16.0. The van der Waals surface area contributed by atoms with Gasteiger partial charge in [-0.15, -0.1) is 0 Å². The molecule has 1 aliphatic heterocycles. The molecule has 4 rings (SSSR count). The Labute approximate surface area is 237 Å². The Morgan fingerprint density at radius 3 is 2.26 bits per heavy atom. The maximum atomic E-state index is 11.4. The molecule has 0 saturated heterocycles. The van der Waals surface area contributed by atoms with Crippen molar-refractivity contribution in [3.63, 3.8) is 0 Å². The number of aliphatic carboxylic acids is 1. The van der Waals surface area contributed by atoms with E-state index in [0.717, 1.165) is 32.2 Å². The van der Waals surface area contributed by atoms with E-state index in [-0.39, 0.29) is 12.1 Å². The highest BCUT2D eigenvalue weighted by atomic mass is 16.4. The molecular weight excluding hydrogens is 480 g/mol. The number of rotatable bonds is 15. The lowest BCUT2D eigenvalue weighted by molar-refractivity contribution is -0.143. The number of aryl methyl sites for hydroxylation is 1. The first-order chi connectivity index (χ1) is 19.1. The van der Waals surface area contributed by atoms with Gasteiger partial charge in [-0.25, -0.2) is 0 Å². The van der Waals surface area contributed by atoms with Crippen molar-refractivity contribution < 1.29 is 9.90 Å². The Kier molecular flexibility index (Phi) is 11.7. The Balaban J connectivity index is 1.31. The molecule has 3 N–H and O–H groups in total. The van der Waals surface area contributed by atoms with Gasteiger partial charge in [-0.3, -0.25) is 10.1 Å². The van der Waals surface area contributed by atoms with Crippen LogP contribution >= 0.6 is 0 Å². The van der Waals surface area contributed by atoms with Gasteiger partial charge in [0.2, 0.25) is 0 Å². The molecule has 1 aliphatic carbocycles. The third kappa shape index (κ3) is 8.58. The van der Waals surface area contributed by atoms with Gasteiger partial charge in [0.15, 0.2) is 0 Å². The van der Waals surface area contributed by atoms with E-state index in [1.807, 2.05) is 0 Å².